The Morgan fingerprint density at radius 3 is 2.73 bits per heavy atom. The molecule has 0 spiro atoms. The van der Waals surface area contributed by atoms with Crippen molar-refractivity contribution in [3.05, 3.63) is 86.1 Å². The number of nitrogens with one attached hydrogen (secondary N) is 1. The second-order valence-electron chi connectivity index (χ2n) is 7.82. The van der Waals surface area contributed by atoms with Crippen LogP contribution in [0.3, 0.4) is 0 Å². The summed E-state index contributed by atoms with van der Waals surface area (Å²) in [7, 11) is 1.51. The molecule has 3 aromatic rings. The lowest BCUT2D eigenvalue weighted by Crippen LogP contribution is -2.43. The summed E-state index contributed by atoms with van der Waals surface area (Å²) in [6.45, 7) is 1.09. The standard InChI is InChI=1S/C24H26N4O5/c1-32-12-10-27(20(29)14-17-7-8-19-18(13-17)9-11-33-19)21-22(25)28(24(31)26-23(21)30)15-16-5-3-2-4-6-16/h2-8,13H,9-12,14-15,25H2,1H3,(H,26,30,31). The highest BCUT2D eigenvalue weighted by Crippen LogP contribution is 2.26. The number of nitrogen functional groups attached to an aromatic ring is 1. The van der Waals surface area contributed by atoms with E-state index in [2.05, 4.69) is 4.98 Å². The van der Waals surface area contributed by atoms with Crippen molar-refractivity contribution in [2.24, 2.45) is 0 Å². The Hall–Kier alpha value is -3.85. The van der Waals surface area contributed by atoms with Crippen molar-refractivity contribution >= 4 is 17.4 Å². The molecule has 0 saturated heterocycles. The molecular weight excluding hydrogens is 424 g/mol. The minimum absolute atomic E-state index is 0.0583. The summed E-state index contributed by atoms with van der Waals surface area (Å²) in [4.78, 5) is 42.2. The van der Waals surface area contributed by atoms with Gasteiger partial charge in [0.05, 0.1) is 26.2 Å². The third-order valence-corrected chi connectivity index (χ3v) is 5.60. The third kappa shape index (κ3) is 4.83. The van der Waals surface area contributed by atoms with Gasteiger partial charge in [0.2, 0.25) is 5.91 Å². The van der Waals surface area contributed by atoms with Crippen molar-refractivity contribution < 1.29 is 14.3 Å². The van der Waals surface area contributed by atoms with Crippen molar-refractivity contribution in [1.82, 2.24) is 9.55 Å². The van der Waals surface area contributed by atoms with E-state index in [1.165, 1.54) is 16.6 Å². The molecule has 9 heteroatoms. The van der Waals surface area contributed by atoms with Crippen LogP contribution in [0.4, 0.5) is 11.5 Å². The zero-order valence-corrected chi connectivity index (χ0v) is 18.4. The van der Waals surface area contributed by atoms with Gasteiger partial charge in [-0.15, -0.1) is 0 Å². The molecule has 0 atom stereocenters. The van der Waals surface area contributed by atoms with Crippen LogP contribution in [0.25, 0.3) is 0 Å². The molecule has 1 amide bonds. The van der Waals surface area contributed by atoms with E-state index in [1.807, 2.05) is 48.5 Å². The predicted molar refractivity (Wildman–Crippen MR) is 125 cm³/mol. The van der Waals surface area contributed by atoms with Gasteiger partial charge in [-0.05, 0) is 22.8 Å². The van der Waals surface area contributed by atoms with Gasteiger partial charge in [0.15, 0.2) is 5.69 Å². The molecule has 9 nitrogen and oxygen atoms in total. The molecule has 2 aromatic carbocycles. The molecule has 0 fully saturated rings. The largest absolute Gasteiger partial charge is 0.493 e. The van der Waals surface area contributed by atoms with Gasteiger partial charge in [-0.25, -0.2) is 4.79 Å². The number of nitrogens with two attached hydrogens (primary N) is 1. The first kappa shape index (κ1) is 22.3. The fourth-order valence-corrected chi connectivity index (χ4v) is 3.92. The highest BCUT2D eigenvalue weighted by atomic mass is 16.5. The van der Waals surface area contributed by atoms with E-state index in [1.54, 1.807) is 0 Å². The minimum atomic E-state index is -0.714. The zero-order chi connectivity index (χ0) is 23.4. The molecule has 0 radical (unpaired) electrons. The number of aromatic nitrogens is 2. The number of carbonyl (C=O) groups is 1. The lowest BCUT2D eigenvalue weighted by molar-refractivity contribution is -0.118. The summed E-state index contributed by atoms with van der Waals surface area (Å²) < 4.78 is 11.9. The second-order valence-corrected chi connectivity index (χ2v) is 7.82. The number of hydrogen-bond donors (Lipinski definition) is 2. The number of benzene rings is 2. The summed E-state index contributed by atoms with van der Waals surface area (Å²) >= 11 is 0. The molecule has 1 aliphatic heterocycles. The van der Waals surface area contributed by atoms with Crippen molar-refractivity contribution in [2.45, 2.75) is 19.4 Å². The van der Waals surface area contributed by atoms with Crippen molar-refractivity contribution in [1.29, 1.82) is 0 Å². The number of carbonyl (C=O) groups excluding carboxylic acids is 1. The molecule has 2 heterocycles. The monoisotopic (exact) mass is 450 g/mol. The van der Waals surface area contributed by atoms with E-state index in [4.69, 9.17) is 15.2 Å². The van der Waals surface area contributed by atoms with Gasteiger partial charge in [-0.3, -0.25) is 19.1 Å². The summed E-state index contributed by atoms with van der Waals surface area (Å²) in [5.41, 5.74) is 7.58. The zero-order valence-electron chi connectivity index (χ0n) is 18.4. The molecule has 1 aliphatic rings. The maximum atomic E-state index is 13.3. The highest BCUT2D eigenvalue weighted by Gasteiger charge is 2.25. The van der Waals surface area contributed by atoms with Gasteiger partial charge < -0.3 is 20.1 Å². The van der Waals surface area contributed by atoms with E-state index in [0.717, 1.165) is 28.9 Å². The number of nitrogens with zero attached hydrogens (tertiary/aromatic N) is 2. The summed E-state index contributed by atoms with van der Waals surface area (Å²) in [5.74, 6) is 0.434. The van der Waals surface area contributed by atoms with E-state index in [-0.39, 0.29) is 43.5 Å². The number of rotatable bonds is 8. The molecule has 33 heavy (non-hydrogen) atoms. The average molecular weight is 450 g/mol. The molecule has 1 aromatic heterocycles. The van der Waals surface area contributed by atoms with E-state index < -0.39 is 11.2 Å². The number of fused-ring (bicyclic) bond motifs is 1. The van der Waals surface area contributed by atoms with Crippen LogP contribution in [0.1, 0.15) is 16.7 Å². The summed E-state index contributed by atoms with van der Waals surface area (Å²) in [5, 5.41) is 0. The molecule has 0 saturated carbocycles. The van der Waals surface area contributed by atoms with E-state index >= 15 is 0 Å². The number of hydrogen-bond acceptors (Lipinski definition) is 6. The third-order valence-electron chi connectivity index (χ3n) is 5.60. The number of methoxy groups -OCH3 is 1. The number of amides is 1. The Morgan fingerprint density at radius 2 is 1.97 bits per heavy atom. The fraction of sp³-hybridized carbons (Fsp3) is 0.292. The van der Waals surface area contributed by atoms with Gasteiger partial charge in [0, 0.05) is 20.1 Å². The average Bonchev–Trinajstić information content (AvgIpc) is 3.27. The molecule has 0 unspecified atom stereocenters. The van der Waals surface area contributed by atoms with Crippen LogP contribution in [0, 0.1) is 0 Å². The van der Waals surface area contributed by atoms with Crippen LogP contribution in [-0.4, -0.2) is 42.3 Å². The number of aromatic amines is 1. The first-order chi connectivity index (χ1) is 16.0. The van der Waals surface area contributed by atoms with Crippen LogP contribution in [0.5, 0.6) is 5.75 Å². The van der Waals surface area contributed by atoms with Crippen molar-refractivity contribution in [3.8, 4) is 5.75 Å². The number of H-pyrrole nitrogens is 1. The first-order valence-electron chi connectivity index (χ1n) is 10.7. The van der Waals surface area contributed by atoms with Gasteiger partial charge in [0.25, 0.3) is 5.56 Å². The van der Waals surface area contributed by atoms with Gasteiger partial charge in [-0.2, -0.15) is 0 Å². The van der Waals surface area contributed by atoms with Gasteiger partial charge in [-0.1, -0.05) is 42.5 Å². The van der Waals surface area contributed by atoms with E-state index in [0.29, 0.717) is 6.61 Å². The molecular formula is C24H26N4O5. The van der Waals surface area contributed by atoms with Crippen molar-refractivity contribution in [2.75, 3.05) is 37.5 Å². The maximum absolute atomic E-state index is 13.3. The minimum Gasteiger partial charge on any atom is -0.493 e. The van der Waals surface area contributed by atoms with Crippen LogP contribution in [0.15, 0.2) is 58.1 Å². The van der Waals surface area contributed by atoms with Crippen LogP contribution >= 0.6 is 0 Å². The topological polar surface area (TPSA) is 120 Å². The van der Waals surface area contributed by atoms with Gasteiger partial charge in [0.1, 0.15) is 11.6 Å². The number of ether oxygens (including phenoxy) is 2. The van der Waals surface area contributed by atoms with Crippen molar-refractivity contribution in [3.63, 3.8) is 0 Å². The lowest BCUT2D eigenvalue weighted by Gasteiger charge is -2.24. The highest BCUT2D eigenvalue weighted by molar-refractivity contribution is 5.96. The van der Waals surface area contributed by atoms with E-state index in [9.17, 15) is 14.4 Å². The SMILES string of the molecule is COCCN(C(=O)Cc1ccc2c(c1)CCO2)c1c(N)n(Cc2ccccc2)c(=O)[nH]c1=O. The smallest absolute Gasteiger partial charge is 0.330 e. The normalized spacial score (nSPS) is 12.3. The molecule has 0 bridgehead atoms. The first-order valence-corrected chi connectivity index (χ1v) is 10.7. The Bertz CT molecular complexity index is 1270. The molecule has 4 rings (SSSR count). The summed E-state index contributed by atoms with van der Waals surface area (Å²) in [6, 6.07) is 14.9. The Morgan fingerprint density at radius 1 is 1.18 bits per heavy atom. The fourth-order valence-electron chi connectivity index (χ4n) is 3.92. The lowest BCUT2D eigenvalue weighted by atomic mass is 10.1. The molecule has 172 valence electrons. The molecule has 3 N–H and O–H groups in total. The predicted octanol–water partition coefficient (Wildman–Crippen LogP) is 1.32. The van der Waals surface area contributed by atoms with Gasteiger partial charge >= 0.3 is 5.69 Å². The molecule has 0 aliphatic carbocycles. The Kier molecular flexibility index (Phi) is 6.60. The number of anilines is 2. The second kappa shape index (κ2) is 9.74. The van der Waals surface area contributed by atoms with Crippen LogP contribution < -0.4 is 26.6 Å². The Labute approximate surface area is 190 Å². The maximum Gasteiger partial charge on any atom is 0.330 e. The quantitative estimate of drug-likeness (QED) is 0.534. The summed E-state index contributed by atoms with van der Waals surface area (Å²) in [6.07, 6.45) is 0.857. The Balaban J connectivity index is 1.68. The van der Waals surface area contributed by atoms with Crippen LogP contribution in [0.2, 0.25) is 0 Å². The van der Waals surface area contributed by atoms with Crippen LogP contribution in [-0.2, 0) is 28.9 Å².